The quantitative estimate of drug-likeness (QED) is 0.109. The van der Waals surface area contributed by atoms with Crippen LogP contribution in [-0.2, 0) is 4.74 Å². The van der Waals surface area contributed by atoms with E-state index >= 15 is 0 Å². The third-order valence-corrected chi connectivity index (χ3v) is 6.04. The second-order valence-electron chi connectivity index (χ2n) is 9.53. The molecule has 8 N–H and O–H groups in total. The minimum absolute atomic E-state index is 0.00124. The van der Waals surface area contributed by atoms with E-state index in [4.69, 9.17) is 50.1 Å². The van der Waals surface area contributed by atoms with Crippen molar-refractivity contribution in [2.24, 2.45) is 32.7 Å². The number of carbonyl (C=O) groups is 1. The summed E-state index contributed by atoms with van der Waals surface area (Å²) < 4.78 is 11.6. The predicted octanol–water partition coefficient (Wildman–Crippen LogP) is 4.24. The van der Waals surface area contributed by atoms with Gasteiger partial charge in [0.25, 0.3) is 0 Å². The molecule has 0 radical (unpaired) electrons. The number of rotatable bonds is 7. The molecule has 2 aromatic rings. The van der Waals surface area contributed by atoms with Crippen LogP contribution >= 0.6 is 23.2 Å². The Kier molecular flexibility index (Phi) is 9.97. The van der Waals surface area contributed by atoms with Crippen LogP contribution < -0.4 is 32.9 Å². The number of hydrogen-bond acceptors (Lipinski definition) is 8. The Labute approximate surface area is 231 Å². The third-order valence-electron chi connectivity index (χ3n) is 5.44. The number of benzene rings is 2. The third kappa shape index (κ3) is 8.35. The zero-order valence-corrected chi connectivity index (χ0v) is 23.0. The number of ether oxygens (including phenoxy) is 2. The molecule has 1 unspecified atom stereocenters. The Bertz CT molecular complexity index is 1140. The molecule has 12 nitrogen and oxygen atoms in total. The van der Waals surface area contributed by atoms with Crippen molar-refractivity contribution < 1.29 is 14.3 Å². The van der Waals surface area contributed by atoms with E-state index in [0.29, 0.717) is 34.4 Å². The summed E-state index contributed by atoms with van der Waals surface area (Å²) in [4.78, 5) is 18.0. The van der Waals surface area contributed by atoms with Crippen LogP contribution in [0.1, 0.15) is 33.6 Å². The molecule has 14 heteroatoms. The van der Waals surface area contributed by atoms with Gasteiger partial charge in [-0.2, -0.15) is 0 Å². The molecule has 206 valence electrons. The summed E-state index contributed by atoms with van der Waals surface area (Å²) in [7, 11) is 0. The van der Waals surface area contributed by atoms with Crippen LogP contribution in [0.2, 0.25) is 10.0 Å². The Morgan fingerprint density at radius 2 is 1.74 bits per heavy atom. The van der Waals surface area contributed by atoms with Crippen molar-refractivity contribution >= 4 is 40.9 Å². The van der Waals surface area contributed by atoms with E-state index in [0.717, 1.165) is 24.2 Å². The van der Waals surface area contributed by atoms with Crippen molar-refractivity contribution in [1.82, 2.24) is 10.3 Å². The maximum atomic E-state index is 12.3. The largest absolute Gasteiger partial charge is 0.490 e. The van der Waals surface area contributed by atoms with Gasteiger partial charge in [-0.1, -0.05) is 40.6 Å². The normalized spacial score (nSPS) is 15.9. The number of anilines is 1. The predicted molar refractivity (Wildman–Crippen MR) is 149 cm³/mol. The minimum atomic E-state index is -0.948. The SMILES string of the molecule is CC(C)(C)OC(=O)N1CCC(Oc2ccc(-c3c(Cl)cc(NC(N)=NC(N=NN)NN)cc3Cl)cc2)CC1. The molecule has 1 aliphatic heterocycles. The highest BCUT2D eigenvalue weighted by Crippen LogP contribution is 2.38. The Morgan fingerprint density at radius 3 is 2.26 bits per heavy atom. The first kappa shape index (κ1) is 29.2. The van der Waals surface area contributed by atoms with E-state index in [1.165, 1.54) is 0 Å². The summed E-state index contributed by atoms with van der Waals surface area (Å²) in [6, 6.07) is 10.8. The van der Waals surface area contributed by atoms with Crippen molar-refractivity contribution in [3.8, 4) is 16.9 Å². The summed E-state index contributed by atoms with van der Waals surface area (Å²) >= 11 is 13.1. The second kappa shape index (κ2) is 13.0. The Hall–Kier alpha value is -3.32. The number of hydrogen-bond donors (Lipinski definition) is 5. The second-order valence-corrected chi connectivity index (χ2v) is 10.3. The number of guanidine groups is 1. The van der Waals surface area contributed by atoms with Crippen LogP contribution in [0.4, 0.5) is 10.5 Å². The average molecular weight is 566 g/mol. The van der Waals surface area contributed by atoms with Crippen LogP contribution in [0, 0.1) is 0 Å². The van der Waals surface area contributed by atoms with Crippen molar-refractivity contribution in [3.63, 3.8) is 0 Å². The van der Waals surface area contributed by atoms with Gasteiger partial charge in [0, 0.05) is 37.2 Å². The van der Waals surface area contributed by atoms with E-state index < -0.39 is 11.9 Å². The lowest BCUT2D eigenvalue weighted by Gasteiger charge is -2.33. The summed E-state index contributed by atoms with van der Waals surface area (Å²) in [6.45, 7) is 6.74. The number of likely N-dealkylation sites (tertiary alicyclic amines) is 1. The number of nitrogens with one attached hydrogen (secondary N) is 2. The van der Waals surface area contributed by atoms with Gasteiger partial charge in [0.05, 0.1) is 10.0 Å². The number of nitrogens with zero attached hydrogens (tertiary/aromatic N) is 4. The fourth-order valence-electron chi connectivity index (χ4n) is 3.77. The number of hydrazine groups is 1. The van der Waals surface area contributed by atoms with Gasteiger partial charge in [0.2, 0.25) is 6.29 Å². The molecular weight excluding hydrogens is 533 g/mol. The lowest BCUT2D eigenvalue weighted by atomic mass is 10.0. The highest BCUT2D eigenvalue weighted by atomic mass is 35.5. The van der Waals surface area contributed by atoms with Gasteiger partial charge in [0.1, 0.15) is 17.5 Å². The summed E-state index contributed by atoms with van der Waals surface area (Å²) in [6.07, 6.45) is 0.202. The maximum Gasteiger partial charge on any atom is 0.410 e. The molecule has 0 aliphatic carbocycles. The van der Waals surface area contributed by atoms with Crippen molar-refractivity contribution in [3.05, 3.63) is 46.4 Å². The molecule has 1 fully saturated rings. The van der Waals surface area contributed by atoms with E-state index in [-0.39, 0.29) is 18.2 Å². The lowest BCUT2D eigenvalue weighted by molar-refractivity contribution is 0.0126. The lowest BCUT2D eigenvalue weighted by Crippen LogP contribution is -2.44. The molecule has 1 heterocycles. The molecule has 0 aromatic heterocycles. The molecular formula is C24H33Cl2N9O3. The standard InChI is InChI=1S/C24H33Cl2N9O3/c1-24(2,3)38-23(36)35-10-8-17(9-11-35)37-16-6-4-14(5-7-16)20-18(25)12-15(13-19(20)26)30-21(27)31-22(32-28)33-34-29/h4-7,12-13,17,22,32H,8-11,28H2,1-3H3,(H2,29,33)(H3,27,30,31). The smallest absolute Gasteiger partial charge is 0.410 e. The molecule has 1 aliphatic rings. The zero-order valence-electron chi connectivity index (χ0n) is 21.4. The van der Waals surface area contributed by atoms with Gasteiger partial charge in [0.15, 0.2) is 5.96 Å². The van der Waals surface area contributed by atoms with Crippen molar-refractivity contribution in [1.29, 1.82) is 0 Å². The number of amides is 1. The molecule has 0 spiro atoms. The molecule has 1 atom stereocenters. The minimum Gasteiger partial charge on any atom is -0.490 e. The molecule has 1 amide bonds. The van der Waals surface area contributed by atoms with Gasteiger partial charge >= 0.3 is 6.09 Å². The summed E-state index contributed by atoms with van der Waals surface area (Å²) in [5, 5.41) is 10.4. The number of nitrogens with two attached hydrogens (primary N) is 3. The number of carbonyl (C=O) groups excluding carboxylic acids is 1. The van der Waals surface area contributed by atoms with E-state index in [2.05, 4.69) is 26.1 Å². The van der Waals surface area contributed by atoms with Crippen molar-refractivity contribution in [2.45, 2.75) is 51.6 Å². The molecule has 3 rings (SSSR count). The zero-order chi connectivity index (χ0) is 27.9. The topological polar surface area (TPSA) is 178 Å². The average Bonchev–Trinajstić information content (AvgIpc) is 2.83. The first-order valence-corrected chi connectivity index (χ1v) is 12.6. The van der Waals surface area contributed by atoms with Crippen LogP contribution in [0.5, 0.6) is 5.75 Å². The molecule has 0 bridgehead atoms. The molecule has 2 aromatic carbocycles. The van der Waals surface area contributed by atoms with E-state index in [9.17, 15) is 4.79 Å². The van der Waals surface area contributed by atoms with Crippen LogP contribution in [-0.4, -0.2) is 48.0 Å². The first-order chi connectivity index (χ1) is 18.0. The Balaban J connectivity index is 1.61. The van der Waals surface area contributed by atoms with Crippen LogP contribution in [0.15, 0.2) is 51.7 Å². The summed E-state index contributed by atoms with van der Waals surface area (Å²) in [5.74, 6) is 11.0. The number of piperidine rings is 1. The fourth-order valence-corrected chi connectivity index (χ4v) is 4.47. The van der Waals surface area contributed by atoms with Gasteiger partial charge in [-0.15, -0.1) is 5.11 Å². The fraction of sp³-hybridized carbons (Fsp3) is 0.417. The molecule has 1 saturated heterocycles. The monoisotopic (exact) mass is 565 g/mol. The highest BCUT2D eigenvalue weighted by molar-refractivity contribution is 6.39. The van der Waals surface area contributed by atoms with E-state index in [1.807, 2.05) is 45.0 Å². The number of aliphatic imine (C=N–C) groups is 1. The Morgan fingerprint density at radius 1 is 1.13 bits per heavy atom. The van der Waals surface area contributed by atoms with Gasteiger partial charge in [-0.3, -0.25) is 5.84 Å². The van der Waals surface area contributed by atoms with Gasteiger partial charge < -0.3 is 31.3 Å². The van der Waals surface area contributed by atoms with Crippen LogP contribution in [0.25, 0.3) is 11.1 Å². The van der Waals surface area contributed by atoms with Crippen molar-refractivity contribution in [2.75, 3.05) is 18.4 Å². The van der Waals surface area contributed by atoms with E-state index in [1.54, 1.807) is 17.0 Å². The van der Waals surface area contributed by atoms with Gasteiger partial charge in [-0.25, -0.2) is 15.2 Å². The molecule has 38 heavy (non-hydrogen) atoms. The van der Waals surface area contributed by atoms with Gasteiger partial charge in [-0.05, 0) is 50.6 Å². The highest BCUT2D eigenvalue weighted by Gasteiger charge is 2.27. The molecule has 0 saturated carbocycles. The first-order valence-electron chi connectivity index (χ1n) is 11.9. The maximum absolute atomic E-state index is 12.3. The van der Waals surface area contributed by atoms with Crippen LogP contribution in [0.3, 0.4) is 0 Å². The summed E-state index contributed by atoms with van der Waals surface area (Å²) in [5.41, 5.74) is 9.64. The number of halogens is 2.